The summed E-state index contributed by atoms with van der Waals surface area (Å²) in [5, 5.41) is 14.4. The largest absolute Gasteiger partial charge is 0.272 e. The Hall–Kier alpha value is -2.00. The zero-order chi connectivity index (χ0) is 16.1. The molecule has 1 aliphatic rings. The van der Waals surface area contributed by atoms with E-state index in [0.717, 1.165) is 16.4 Å². The fourth-order valence-corrected chi connectivity index (χ4v) is 4.33. The summed E-state index contributed by atoms with van der Waals surface area (Å²) >= 11 is 0. The molecule has 0 saturated heterocycles. The summed E-state index contributed by atoms with van der Waals surface area (Å²) in [6.45, 7) is 6.15. The van der Waals surface area contributed by atoms with Crippen LogP contribution in [0.15, 0.2) is 24.3 Å². The fourth-order valence-electron chi connectivity index (χ4n) is 2.87. The van der Waals surface area contributed by atoms with Crippen molar-refractivity contribution in [2.24, 2.45) is 0 Å². The summed E-state index contributed by atoms with van der Waals surface area (Å²) in [7, 11) is -1.76. The number of benzene rings is 1. The normalized spacial score (nSPS) is 16.4. The highest BCUT2D eigenvalue weighted by Crippen LogP contribution is 2.35. The monoisotopic (exact) mass is 317 g/mol. The van der Waals surface area contributed by atoms with E-state index >= 15 is 0 Å². The molecule has 0 unspecified atom stereocenters. The molecule has 1 aliphatic heterocycles. The molecule has 3 rings (SSSR count). The first kappa shape index (κ1) is 14.9. The maximum absolute atomic E-state index is 13.7. The van der Waals surface area contributed by atoms with E-state index in [1.54, 1.807) is 12.1 Å². The van der Waals surface area contributed by atoms with Crippen molar-refractivity contribution in [3.8, 4) is 17.2 Å². The van der Waals surface area contributed by atoms with E-state index in [4.69, 9.17) is 5.26 Å². The molecule has 22 heavy (non-hydrogen) atoms. The molecule has 0 amide bonds. The predicted octanol–water partition coefficient (Wildman–Crippen LogP) is 3.16. The van der Waals surface area contributed by atoms with Crippen molar-refractivity contribution >= 4 is 13.4 Å². The maximum Gasteiger partial charge on any atom is 0.272 e. The van der Waals surface area contributed by atoms with Gasteiger partial charge in [0, 0.05) is 5.56 Å². The highest BCUT2D eigenvalue weighted by Gasteiger charge is 2.42. The van der Waals surface area contributed by atoms with Gasteiger partial charge in [-0.05, 0) is 17.7 Å². The summed E-state index contributed by atoms with van der Waals surface area (Å²) < 4.78 is 28.9. The van der Waals surface area contributed by atoms with Crippen LogP contribution in [-0.2, 0) is 13.0 Å². The van der Waals surface area contributed by atoms with Gasteiger partial charge in [-0.25, -0.2) is 8.78 Å². The molecular formula is C16H17F2N3Si. The van der Waals surface area contributed by atoms with Crippen LogP contribution >= 0.6 is 0 Å². The Balaban J connectivity index is 2.19. The van der Waals surface area contributed by atoms with Gasteiger partial charge in [-0.3, -0.25) is 4.68 Å². The minimum Gasteiger partial charge on any atom is -0.263 e. The van der Waals surface area contributed by atoms with Gasteiger partial charge in [-0.1, -0.05) is 31.8 Å². The van der Waals surface area contributed by atoms with Crippen LogP contribution in [0.3, 0.4) is 0 Å². The van der Waals surface area contributed by atoms with Crippen LogP contribution in [0.25, 0.3) is 11.1 Å². The van der Waals surface area contributed by atoms with Gasteiger partial charge in [0.05, 0.1) is 29.1 Å². The molecule has 0 aliphatic carbocycles. The van der Waals surface area contributed by atoms with E-state index in [0.29, 0.717) is 11.3 Å². The molecule has 0 bridgehead atoms. The molecule has 3 nitrogen and oxygen atoms in total. The highest BCUT2D eigenvalue weighted by molar-refractivity contribution is 6.89. The molecule has 1 aromatic heterocycles. The predicted molar refractivity (Wildman–Crippen MR) is 84.0 cm³/mol. The standard InChI is InChI=1S/C16H17F2N3Si/c1-22(2,3)15-14(12-6-4-11(9-19)5-7-12)13-8-16(17,18)10-21(13)20-15/h4-7H,8,10H2,1-3H3. The topological polar surface area (TPSA) is 41.6 Å². The SMILES string of the molecule is C[Si](C)(C)c1nn2c(c1-c1ccc(C#N)cc1)CC(F)(F)C2. The van der Waals surface area contributed by atoms with Crippen LogP contribution in [0.1, 0.15) is 11.3 Å². The van der Waals surface area contributed by atoms with Gasteiger partial charge in [0.25, 0.3) is 5.92 Å². The van der Waals surface area contributed by atoms with Crippen molar-refractivity contribution < 1.29 is 8.78 Å². The van der Waals surface area contributed by atoms with Crippen LogP contribution in [0.2, 0.25) is 19.6 Å². The van der Waals surface area contributed by atoms with Crippen molar-refractivity contribution in [1.29, 1.82) is 5.26 Å². The van der Waals surface area contributed by atoms with Crippen molar-refractivity contribution in [3.63, 3.8) is 0 Å². The Kier molecular flexibility index (Phi) is 3.22. The van der Waals surface area contributed by atoms with Gasteiger partial charge in [0.1, 0.15) is 14.6 Å². The first-order chi connectivity index (χ1) is 10.2. The lowest BCUT2D eigenvalue weighted by Crippen LogP contribution is -2.41. The van der Waals surface area contributed by atoms with Crippen LogP contribution in [0.5, 0.6) is 0 Å². The lowest BCUT2D eigenvalue weighted by Gasteiger charge is -2.17. The number of nitriles is 1. The van der Waals surface area contributed by atoms with E-state index < -0.39 is 14.0 Å². The second-order valence-corrected chi connectivity index (χ2v) is 11.8. The summed E-state index contributed by atoms with van der Waals surface area (Å²) in [4.78, 5) is 0. The number of hydrogen-bond donors (Lipinski definition) is 0. The zero-order valence-electron chi connectivity index (χ0n) is 12.8. The first-order valence-electron chi connectivity index (χ1n) is 7.20. The van der Waals surface area contributed by atoms with Gasteiger partial charge in [-0.2, -0.15) is 10.4 Å². The molecule has 6 heteroatoms. The van der Waals surface area contributed by atoms with Gasteiger partial charge in [0.2, 0.25) is 0 Å². The third-order valence-electron chi connectivity index (χ3n) is 3.88. The Morgan fingerprint density at radius 1 is 1.23 bits per heavy atom. The van der Waals surface area contributed by atoms with Crippen molar-refractivity contribution in [1.82, 2.24) is 9.78 Å². The average Bonchev–Trinajstić information content (AvgIpc) is 2.90. The van der Waals surface area contributed by atoms with Crippen molar-refractivity contribution in [3.05, 3.63) is 35.5 Å². The second kappa shape index (κ2) is 4.75. The Bertz CT molecular complexity index is 764. The molecule has 0 spiro atoms. The van der Waals surface area contributed by atoms with Gasteiger partial charge in [-0.15, -0.1) is 0 Å². The van der Waals surface area contributed by atoms with Crippen molar-refractivity contribution in [2.75, 3.05) is 0 Å². The summed E-state index contributed by atoms with van der Waals surface area (Å²) in [5.74, 6) is -2.72. The third-order valence-corrected chi connectivity index (χ3v) is 5.65. The molecule has 0 atom stereocenters. The first-order valence-corrected chi connectivity index (χ1v) is 10.7. The number of halogens is 2. The number of hydrogen-bond acceptors (Lipinski definition) is 2. The molecule has 2 aromatic rings. The molecule has 2 heterocycles. The van der Waals surface area contributed by atoms with Crippen molar-refractivity contribution in [2.45, 2.75) is 38.5 Å². The van der Waals surface area contributed by atoms with Gasteiger partial charge < -0.3 is 0 Å². The minimum absolute atomic E-state index is 0.264. The van der Waals surface area contributed by atoms with Gasteiger partial charge >= 0.3 is 0 Å². The number of alkyl halides is 2. The highest BCUT2D eigenvalue weighted by atomic mass is 28.3. The van der Waals surface area contributed by atoms with E-state index in [1.165, 1.54) is 4.68 Å². The number of aromatic nitrogens is 2. The van der Waals surface area contributed by atoms with Crippen LogP contribution < -0.4 is 5.32 Å². The molecule has 0 fully saturated rings. The Morgan fingerprint density at radius 2 is 1.86 bits per heavy atom. The molecule has 114 valence electrons. The van der Waals surface area contributed by atoms with E-state index in [2.05, 4.69) is 30.8 Å². The van der Waals surface area contributed by atoms with E-state index in [9.17, 15) is 8.78 Å². The summed E-state index contributed by atoms with van der Waals surface area (Å²) in [6.07, 6.45) is -0.264. The number of nitrogens with zero attached hydrogens (tertiary/aromatic N) is 3. The van der Waals surface area contributed by atoms with E-state index in [-0.39, 0.29) is 13.0 Å². The maximum atomic E-state index is 13.7. The molecular weight excluding hydrogens is 300 g/mol. The fraction of sp³-hybridized carbons (Fsp3) is 0.375. The molecule has 0 N–H and O–H groups in total. The lowest BCUT2D eigenvalue weighted by atomic mass is 10.0. The van der Waals surface area contributed by atoms with E-state index in [1.807, 2.05) is 12.1 Å². The smallest absolute Gasteiger partial charge is 0.263 e. The van der Waals surface area contributed by atoms with Gasteiger partial charge in [0.15, 0.2) is 0 Å². The van der Waals surface area contributed by atoms with Crippen LogP contribution in [0.4, 0.5) is 8.78 Å². The summed E-state index contributed by atoms with van der Waals surface area (Å²) in [5.41, 5.74) is 2.90. The molecule has 1 aromatic carbocycles. The second-order valence-electron chi connectivity index (χ2n) is 6.80. The number of fused-ring (bicyclic) bond motifs is 1. The zero-order valence-corrected chi connectivity index (χ0v) is 13.8. The summed E-state index contributed by atoms with van der Waals surface area (Å²) in [6, 6.07) is 9.18. The average molecular weight is 317 g/mol. The third kappa shape index (κ3) is 2.46. The number of rotatable bonds is 2. The quantitative estimate of drug-likeness (QED) is 0.798. The van der Waals surface area contributed by atoms with Crippen LogP contribution in [0, 0.1) is 11.3 Å². The minimum atomic E-state index is -2.72. The Labute approximate surface area is 129 Å². The lowest BCUT2D eigenvalue weighted by molar-refractivity contribution is 0.00114. The van der Waals surface area contributed by atoms with Crippen LogP contribution in [-0.4, -0.2) is 23.8 Å². The molecule has 0 radical (unpaired) electrons. The Morgan fingerprint density at radius 3 is 2.41 bits per heavy atom. The molecule has 0 saturated carbocycles.